The summed E-state index contributed by atoms with van der Waals surface area (Å²) in [6, 6.07) is 21.7. The largest absolute Gasteiger partial charge is 0.232 e. The number of aryl methyl sites for hydroxylation is 1. The summed E-state index contributed by atoms with van der Waals surface area (Å²) in [5.41, 5.74) is 3.74. The quantitative estimate of drug-likeness (QED) is 0.708. The minimum absolute atomic E-state index is 0.512. The zero-order valence-electron chi connectivity index (χ0n) is 11.6. The molecule has 0 fully saturated rings. The molecule has 0 bridgehead atoms. The lowest BCUT2D eigenvalue weighted by atomic mass is 10.0. The van der Waals surface area contributed by atoms with E-state index in [0.717, 1.165) is 11.1 Å². The predicted octanol–water partition coefficient (Wildman–Crippen LogP) is 3.99. The van der Waals surface area contributed by atoms with Gasteiger partial charge in [-0.1, -0.05) is 60.7 Å². The van der Waals surface area contributed by atoms with Gasteiger partial charge in [0, 0.05) is 11.1 Å². The maximum absolute atomic E-state index is 9.58. The van der Waals surface area contributed by atoms with Gasteiger partial charge in [0.15, 0.2) is 0 Å². The molecular weight excluding hydrogens is 258 g/mol. The molecule has 0 aliphatic heterocycles. The Morgan fingerprint density at radius 3 is 1.57 bits per heavy atom. The highest BCUT2D eigenvalue weighted by Gasteiger charge is 2.15. The number of nitriles is 1. The Kier molecular flexibility index (Phi) is 3.44. The summed E-state index contributed by atoms with van der Waals surface area (Å²) < 4.78 is 0. The van der Waals surface area contributed by atoms with Crippen LogP contribution in [0.25, 0.3) is 22.5 Å². The van der Waals surface area contributed by atoms with Crippen LogP contribution < -0.4 is 0 Å². The minimum Gasteiger partial charge on any atom is -0.232 e. The highest BCUT2D eigenvalue weighted by Crippen LogP contribution is 2.29. The molecule has 3 nitrogen and oxygen atoms in total. The highest BCUT2D eigenvalue weighted by atomic mass is 14.9. The van der Waals surface area contributed by atoms with Crippen molar-refractivity contribution >= 4 is 0 Å². The molecule has 100 valence electrons. The summed E-state index contributed by atoms with van der Waals surface area (Å²) >= 11 is 0. The van der Waals surface area contributed by atoms with Crippen LogP contribution in [0.4, 0.5) is 0 Å². The summed E-state index contributed by atoms with van der Waals surface area (Å²) in [7, 11) is 0. The number of aromatic nitrogens is 2. The van der Waals surface area contributed by atoms with Gasteiger partial charge < -0.3 is 0 Å². The van der Waals surface area contributed by atoms with E-state index in [1.807, 2.05) is 67.6 Å². The Bertz CT molecular complexity index is 742. The number of hydrogen-bond acceptors (Lipinski definition) is 3. The Labute approximate surface area is 123 Å². The number of nitrogens with zero attached hydrogens (tertiary/aromatic N) is 3. The molecule has 21 heavy (non-hydrogen) atoms. The van der Waals surface area contributed by atoms with Crippen LogP contribution in [0.3, 0.4) is 0 Å². The molecule has 1 heterocycles. The molecule has 3 rings (SSSR count). The number of rotatable bonds is 2. The molecule has 0 saturated heterocycles. The average molecular weight is 271 g/mol. The third-order valence-corrected chi connectivity index (χ3v) is 3.23. The maximum Gasteiger partial charge on any atom is 0.126 e. The predicted molar refractivity (Wildman–Crippen MR) is 82.4 cm³/mol. The molecule has 2 aromatic carbocycles. The number of benzene rings is 2. The van der Waals surface area contributed by atoms with Crippen molar-refractivity contribution in [3.05, 3.63) is 72.1 Å². The van der Waals surface area contributed by atoms with E-state index in [2.05, 4.69) is 16.0 Å². The van der Waals surface area contributed by atoms with Crippen LogP contribution >= 0.6 is 0 Å². The first-order valence-electron chi connectivity index (χ1n) is 6.69. The van der Waals surface area contributed by atoms with Crippen molar-refractivity contribution in [2.45, 2.75) is 6.92 Å². The fourth-order valence-electron chi connectivity index (χ4n) is 2.29. The van der Waals surface area contributed by atoms with Crippen LogP contribution in [0.15, 0.2) is 60.7 Å². The maximum atomic E-state index is 9.58. The lowest BCUT2D eigenvalue weighted by Gasteiger charge is -2.10. The van der Waals surface area contributed by atoms with Gasteiger partial charge in [-0.05, 0) is 6.92 Å². The second-order valence-corrected chi connectivity index (χ2v) is 4.69. The van der Waals surface area contributed by atoms with E-state index in [0.29, 0.717) is 22.8 Å². The van der Waals surface area contributed by atoms with Crippen LogP contribution in [0.2, 0.25) is 0 Å². The van der Waals surface area contributed by atoms with Gasteiger partial charge in [-0.15, -0.1) is 0 Å². The Morgan fingerprint density at radius 1 is 0.762 bits per heavy atom. The fourth-order valence-corrected chi connectivity index (χ4v) is 2.29. The molecule has 0 radical (unpaired) electrons. The third kappa shape index (κ3) is 2.52. The van der Waals surface area contributed by atoms with Crippen LogP contribution in [-0.2, 0) is 0 Å². The summed E-state index contributed by atoms with van der Waals surface area (Å²) in [6.45, 7) is 1.85. The first-order valence-corrected chi connectivity index (χ1v) is 6.69. The van der Waals surface area contributed by atoms with Crippen molar-refractivity contribution in [1.29, 1.82) is 5.26 Å². The van der Waals surface area contributed by atoms with Gasteiger partial charge in [-0.25, -0.2) is 9.97 Å². The van der Waals surface area contributed by atoms with Crippen LogP contribution in [-0.4, -0.2) is 9.97 Å². The summed E-state index contributed by atoms with van der Waals surface area (Å²) in [4.78, 5) is 8.93. The van der Waals surface area contributed by atoms with Crippen molar-refractivity contribution in [3.63, 3.8) is 0 Å². The van der Waals surface area contributed by atoms with E-state index in [1.165, 1.54) is 0 Å². The lowest BCUT2D eigenvalue weighted by molar-refractivity contribution is 1.05. The van der Waals surface area contributed by atoms with E-state index in [4.69, 9.17) is 0 Å². The molecule has 0 N–H and O–H groups in total. The third-order valence-electron chi connectivity index (χ3n) is 3.23. The van der Waals surface area contributed by atoms with Crippen molar-refractivity contribution in [2.24, 2.45) is 0 Å². The lowest BCUT2D eigenvalue weighted by Crippen LogP contribution is -2.00. The molecular formula is C18H13N3. The molecule has 0 saturated carbocycles. The smallest absolute Gasteiger partial charge is 0.126 e. The first-order chi connectivity index (χ1) is 10.3. The van der Waals surface area contributed by atoms with Gasteiger partial charge in [0.2, 0.25) is 0 Å². The normalized spacial score (nSPS) is 10.1. The topological polar surface area (TPSA) is 49.6 Å². The molecule has 0 unspecified atom stereocenters. The minimum atomic E-state index is 0.512. The summed E-state index contributed by atoms with van der Waals surface area (Å²) in [5, 5.41) is 9.58. The molecule has 0 spiro atoms. The molecule has 0 aliphatic carbocycles. The van der Waals surface area contributed by atoms with Gasteiger partial charge in [0.1, 0.15) is 17.5 Å². The zero-order chi connectivity index (χ0) is 14.7. The van der Waals surface area contributed by atoms with Gasteiger partial charge in [-0.2, -0.15) is 5.26 Å². The van der Waals surface area contributed by atoms with Crippen molar-refractivity contribution in [3.8, 4) is 28.6 Å². The molecule has 0 amide bonds. The van der Waals surface area contributed by atoms with Crippen LogP contribution in [0.5, 0.6) is 0 Å². The van der Waals surface area contributed by atoms with Gasteiger partial charge >= 0.3 is 0 Å². The van der Waals surface area contributed by atoms with Gasteiger partial charge in [-0.3, -0.25) is 0 Å². The standard InChI is InChI=1S/C18H13N3/c1-13-20-17(14-8-4-2-5-9-14)16(12-19)18(21-13)15-10-6-3-7-11-15/h2-11H,1H3. The fraction of sp³-hybridized carbons (Fsp3) is 0.0556. The Hall–Kier alpha value is -2.99. The second kappa shape index (κ2) is 5.56. The monoisotopic (exact) mass is 271 g/mol. The van der Waals surface area contributed by atoms with E-state index < -0.39 is 0 Å². The molecule has 0 aliphatic rings. The SMILES string of the molecule is Cc1nc(-c2ccccc2)c(C#N)c(-c2ccccc2)n1. The zero-order valence-corrected chi connectivity index (χ0v) is 11.6. The number of hydrogen-bond donors (Lipinski definition) is 0. The van der Waals surface area contributed by atoms with E-state index in [1.54, 1.807) is 0 Å². The van der Waals surface area contributed by atoms with Gasteiger partial charge in [0.05, 0.1) is 11.4 Å². The van der Waals surface area contributed by atoms with Crippen LogP contribution in [0.1, 0.15) is 11.4 Å². The van der Waals surface area contributed by atoms with E-state index >= 15 is 0 Å². The molecule has 3 aromatic rings. The summed E-state index contributed by atoms with van der Waals surface area (Å²) in [6.07, 6.45) is 0. The molecule has 3 heteroatoms. The average Bonchev–Trinajstić information content (AvgIpc) is 2.55. The van der Waals surface area contributed by atoms with E-state index in [9.17, 15) is 5.26 Å². The van der Waals surface area contributed by atoms with Crippen LogP contribution in [0, 0.1) is 18.3 Å². The van der Waals surface area contributed by atoms with Crippen molar-refractivity contribution in [2.75, 3.05) is 0 Å². The van der Waals surface area contributed by atoms with Crippen molar-refractivity contribution in [1.82, 2.24) is 9.97 Å². The first kappa shape index (κ1) is 13.0. The molecule has 0 atom stereocenters. The Morgan fingerprint density at radius 2 is 1.19 bits per heavy atom. The second-order valence-electron chi connectivity index (χ2n) is 4.69. The van der Waals surface area contributed by atoms with Gasteiger partial charge in [0.25, 0.3) is 0 Å². The summed E-state index contributed by atoms with van der Waals surface area (Å²) in [5.74, 6) is 0.659. The van der Waals surface area contributed by atoms with Crippen molar-refractivity contribution < 1.29 is 0 Å². The van der Waals surface area contributed by atoms with E-state index in [-0.39, 0.29) is 0 Å². The Balaban J connectivity index is 2.29. The highest BCUT2D eigenvalue weighted by molar-refractivity contribution is 5.77. The molecule has 1 aromatic heterocycles.